The molecule has 0 aliphatic heterocycles. The Morgan fingerprint density at radius 2 is 1.70 bits per heavy atom. The van der Waals surface area contributed by atoms with E-state index < -0.39 is 21.8 Å². The second-order valence-electron chi connectivity index (χ2n) is 4.95. The maximum atomic E-state index is 12.5. The monoisotopic (exact) mass is 345 g/mol. The molecule has 2 N–H and O–H groups in total. The number of rotatable bonds is 4. The molecule has 2 aromatic carbocycles. The highest BCUT2D eigenvalue weighted by atomic mass is 32.2. The van der Waals surface area contributed by atoms with Crippen molar-refractivity contribution >= 4 is 15.7 Å². The van der Waals surface area contributed by atoms with Crippen LogP contribution in [0.5, 0.6) is 0 Å². The summed E-state index contributed by atoms with van der Waals surface area (Å²) in [5.41, 5.74) is 0.466. The van der Waals surface area contributed by atoms with Crippen LogP contribution < -0.4 is 4.72 Å². The minimum atomic E-state index is -4.53. The lowest BCUT2D eigenvalue weighted by atomic mass is 10.1. The topological polar surface area (TPSA) is 66.4 Å². The molecule has 0 bridgehead atoms. The van der Waals surface area contributed by atoms with Crippen molar-refractivity contribution < 1.29 is 26.7 Å². The zero-order valence-corrected chi connectivity index (χ0v) is 12.9. The molecule has 0 atom stereocenters. The van der Waals surface area contributed by atoms with Crippen molar-refractivity contribution in [1.82, 2.24) is 0 Å². The smallest absolute Gasteiger partial charge is 0.392 e. The van der Waals surface area contributed by atoms with Crippen LogP contribution in [0, 0.1) is 6.92 Å². The van der Waals surface area contributed by atoms with Crippen LogP contribution in [-0.2, 0) is 22.8 Å². The minimum Gasteiger partial charge on any atom is -0.392 e. The summed E-state index contributed by atoms with van der Waals surface area (Å²) in [6.07, 6.45) is -4.53. The quantitative estimate of drug-likeness (QED) is 0.893. The Balaban J connectivity index is 2.32. The molecule has 0 unspecified atom stereocenters. The number of nitrogens with one attached hydrogen (secondary N) is 1. The van der Waals surface area contributed by atoms with Gasteiger partial charge in [-0.15, -0.1) is 0 Å². The fourth-order valence-corrected chi connectivity index (χ4v) is 3.08. The average molecular weight is 345 g/mol. The maximum absolute atomic E-state index is 12.5. The number of aliphatic hydroxyl groups is 1. The summed E-state index contributed by atoms with van der Waals surface area (Å²) in [6.45, 7) is 1.42. The Kier molecular flexibility index (Phi) is 4.67. The lowest BCUT2D eigenvalue weighted by molar-refractivity contribution is -0.137. The van der Waals surface area contributed by atoms with E-state index in [0.29, 0.717) is 17.7 Å². The van der Waals surface area contributed by atoms with E-state index in [1.807, 2.05) is 0 Å². The summed E-state index contributed by atoms with van der Waals surface area (Å²) in [6, 6.07) is 7.94. The molecule has 124 valence electrons. The lowest BCUT2D eigenvalue weighted by Gasteiger charge is -2.13. The van der Waals surface area contributed by atoms with Crippen LogP contribution >= 0.6 is 0 Å². The highest BCUT2D eigenvalue weighted by Crippen LogP contribution is 2.30. The Morgan fingerprint density at radius 3 is 2.22 bits per heavy atom. The highest BCUT2D eigenvalue weighted by molar-refractivity contribution is 7.92. The van der Waals surface area contributed by atoms with Gasteiger partial charge in [0, 0.05) is 5.56 Å². The number of hydrogen-bond donors (Lipinski definition) is 2. The highest BCUT2D eigenvalue weighted by Gasteiger charge is 2.30. The molecule has 0 spiro atoms. The molecule has 4 nitrogen and oxygen atoms in total. The average Bonchev–Trinajstić information content (AvgIpc) is 2.48. The number of hydrogen-bond acceptors (Lipinski definition) is 3. The molecule has 0 aliphatic carbocycles. The van der Waals surface area contributed by atoms with Gasteiger partial charge < -0.3 is 5.11 Å². The van der Waals surface area contributed by atoms with Crippen LogP contribution in [0.3, 0.4) is 0 Å². The van der Waals surface area contributed by atoms with E-state index in [1.165, 1.54) is 6.07 Å². The zero-order valence-electron chi connectivity index (χ0n) is 12.1. The van der Waals surface area contributed by atoms with Crippen molar-refractivity contribution in [3.05, 3.63) is 59.2 Å². The van der Waals surface area contributed by atoms with Crippen molar-refractivity contribution in [3.8, 4) is 0 Å². The van der Waals surface area contributed by atoms with Crippen LogP contribution in [-0.4, -0.2) is 13.5 Å². The SMILES string of the molecule is Cc1ccc(NS(=O)(=O)c2ccc(C(F)(F)F)cc2)c(CO)c1. The molecule has 0 saturated carbocycles. The van der Waals surface area contributed by atoms with E-state index in [2.05, 4.69) is 4.72 Å². The number of aliphatic hydroxyl groups excluding tert-OH is 1. The zero-order chi connectivity index (χ0) is 17.3. The van der Waals surface area contributed by atoms with Gasteiger partial charge in [0.2, 0.25) is 0 Å². The van der Waals surface area contributed by atoms with Crippen LogP contribution in [0.15, 0.2) is 47.4 Å². The summed E-state index contributed by atoms with van der Waals surface area (Å²) in [5, 5.41) is 9.28. The van der Waals surface area contributed by atoms with Gasteiger partial charge in [0.25, 0.3) is 10.0 Å². The molecule has 0 aromatic heterocycles. The minimum absolute atomic E-state index is 0.179. The predicted molar refractivity (Wildman–Crippen MR) is 79.4 cm³/mol. The third-order valence-electron chi connectivity index (χ3n) is 3.17. The Hall–Kier alpha value is -2.06. The summed E-state index contributed by atoms with van der Waals surface area (Å²) in [7, 11) is -4.05. The third-order valence-corrected chi connectivity index (χ3v) is 4.55. The van der Waals surface area contributed by atoms with E-state index in [0.717, 1.165) is 17.7 Å². The fraction of sp³-hybridized carbons (Fsp3) is 0.200. The molecule has 0 heterocycles. The molecular weight excluding hydrogens is 331 g/mol. The largest absolute Gasteiger partial charge is 0.416 e. The number of anilines is 1. The van der Waals surface area contributed by atoms with Crippen LogP contribution in [0.2, 0.25) is 0 Å². The van der Waals surface area contributed by atoms with E-state index in [4.69, 9.17) is 0 Å². The van der Waals surface area contributed by atoms with Crippen molar-refractivity contribution in [3.63, 3.8) is 0 Å². The molecule has 0 saturated heterocycles. The number of benzene rings is 2. The van der Waals surface area contributed by atoms with Crippen LogP contribution in [0.4, 0.5) is 18.9 Å². The molecule has 0 amide bonds. The predicted octanol–water partition coefficient (Wildman–Crippen LogP) is 3.31. The lowest BCUT2D eigenvalue weighted by Crippen LogP contribution is -2.15. The molecule has 0 radical (unpaired) electrons. The van der Waals surface area contributed by atoms with Gasteiger partial charge in [-0.2, -0.15) is 13.2 Å². The summed E-state index contributed by atoms with van der Waals surface area (Å²) in [4.78, 5) is -0.296. The first-order valence-electron chi connectivity index (χ1n) is 6.54. The first-order valence-corrected chi connectivity index (χ1v) is 8.02. The summed E-state index contributed by atoms with van der Waals surface area (Å²) in [5.74, 6) is 0. The van der Waals surface area contributed by atoms with Gasteiger partial charge in [0.05, 0.1) is 22.8 Å². The van der Waals surface area contributed by atoms with Crippen molar-refractivity contribution in [2.24, 2.45) is 0 Å². The molecule has 2 rings (SSSR count). The third kappa shape index (κ3) is 4.02. The first kappa shape index (κ1) is 17.3. The fourth-order valence-electron chi connectivity index (χ4n) is 1.98. The van der Waals surface area contributed by atoms with E-state index in [9.17, 15) is 26.7 Å². The van der Waals surface area contributed by atoms with Gasteiger partial charge in [0.1, 0.15) is 0 Å². The standard InChI is InChI=1S/C15H14F3NO3S/c1-10-2-7-14(11(8-10)9-20)19-23(21,22)13-5-3-12(4-6-13)15(16,17)18/h2-8,19-20H,9H2,1H3. The molecule has 0 fully saturated rings. The van der Waals surface area contributed by atoms with Gasteiger partial charge in [0.15, 0.2) is 0 Å². The van der Waals surface area contributed by atoms with E-state index in [-0.39, 0.29) is 17.2 Å². The van der Waals surface area contributed by atoms with Gasteiger partial charge in [-0.1, -0.05) is 17.7 Å². The van der Waals surface area contributed by atoms with Gasteiger partial charge in [-0.25, -0.2) is 8.42 Å². The molecular formula is C15H14F3NO3S. The summed E-state index contributed by atoms with van der Waals surface area (Å²) >= 11 is 0. The van der Waals surface area contributed by atoms with Crippen LogP contribution in [0.25, 0.3) is 0 Å². The number of alkyl halides is 3. The maximum Gasteiger partial charge on any atom is 0.416 e. The normalized spacial score (nSPS) is 12.2. The molecule has 0 aliphatic rings. The number of sulfonamides is 1. The van der Waals surface area contributed by atoms with E-state index >= 15 is 0 Å². The second-order valence-corrected chi connectivity index (χ2v) is 6.63. The van der Waals surface area contributed by atoms with E-state index in [1.54, 1.807) is 19.1 Å². The molecule has 2 aromatic rings. The van der Waals surface area contributed by atoms with Crippen molar-refractivity contribution in [2.75, 3.05) is 4.72 Å². The first-order chi connectivity index (χ1) is 10.6. The Bertz CT molecular complexity index is 800. The molecule has 23 heavy (non-hydrogen) atoms. The number of halogens is 3. The Morgan fingerprint density at radius 1 is 1.09 bits per heavy atom. The second kappa shape index (κ2) is 6.21. The summed E-state index contributed by atoms with van der Waals surface area (Å²) < 4.78 is 64.3. The van der Waals surface area contributed by atoms with Crippen molar-refractivity contribution in [1.29, 1.82) is 0 Å². The van der Waals surface area contributed by atoms with Gasteiger partial charge in [-0.05, 0) is 37.3 Å². The Labute approximate surface area is 131 Å². The van der Waals surface area contributed by atoms with Crippen LogP contribution in [0.1, 0.15) is 16.7 Å². The van der Waals surface area contributed by atoms with Crippen molar-refractivity contribution in [2.45, 2.75) is 24.6 Å². The van der Waals surface area contributed by atoms with Gasteiger partial charge >= 0.3 is 6.18 Å². The number of aryl methyl sites for hydroxylation is 1. The van der Waals surface area contributed by atoms with Gasteiger partial charge in [-0.3, -0.25) is 4.72 Å². The molecule has 8 heteroatoms.